The first-order chi connectivity index (χ1) is 15.5. The first kappa shape index (κ1) is 23.0. The highest BCUT2D eigenvalue weighted by molar-refractivity contribution is 7.91. The standard InChI is InChI=1S/C23H26N2O4S3/c1-29-21-9-3-2-7-18(21)16-24(17-20-8-6-14-30-20)22(26)15-19-10-11-23(31-19)32(27,28)25-12-4-5-13-25/h2-3,6-11,14H,4-5,12-13,15-17H2,1H3. The summed E-state index contributed by atoms with van der Waals surface area (Å²) in [5.74, 6) is 0.697. The number of amides is 1. The number of benzene rings is 1. The van der Waals surface area contributed by atoms with Crippen molar-refractivity contribution >= 4 is 38.6 Å². The molecule has 3 heterocycles. The molecule has 0 bridgehead atoms. The van der Waals surface area contributed by atoms with Gasteiger partial charge >= 0.3 is 0 Å². The van der Waals surface area contributed by atoms with Crippen molar-refractivity contribution in [3.8, 4) is 5.75 Å². The van der Waals surface area contributed by atoms with Gasteiger partial charge in [-0.1, -0.05) is 24.3 Å². The lowest BCUT2D eigenvalue weighted by atomic mass is 10.1. The highest BCUT2D eigenvalue weighted by Crippen LogP contribution is 2.28. The summed E-state index contributed by atoms with van der Waals surface area (Å²) < 4.78 is 33.0. The highest BCUT2D eigenvalue weighted by atomic mass is 32.2. The van der Waals surface area contributed by atoms with Crippen LogP contribution in [0.1, 0.15) is 28.2 Å². The van der Waals surface area contributed by atoms with Gasteiger partial charge in [0.1, 0.15) is 9.96 Å². The van der Waals surface area contributed by atoms with Crippen molar-refractivity contribution in [2.75, 3.05) is 20.2 Å². The second-order valence-corrected chi connectivity index (χ2v) is 12.0. The van der Waals surface area contributed by atoms with Gasteiger partial charge in [-0.25, -0.2) is 8.42 Å². The molecule has 1 aliphatic heterocycles. The van der Waals surface area contributed by atoms with Crippen LogP contribution in [0.25, 0.3) is 0 Å². The molecular weight excluding hydrogens is 464 g/mol. The molecule has 6 nitrogen and oxygen atoms in total. The third-order valence-corrected chi connectivity index (χ3v) is 9.77. The summed E-state index contributed by atoms with van der Waals surface area (Å²) >= 11 is 2.80. The SMILES string of the molecule is COc1ccccc1CN(Cc1cccs1)C(=O)Cc1ccc(S(=O)(=O)N2CCCC2)s1. The Labute approximate surface area is 197 Å². The van der Waals surface area contributed by atoms with Crippen molar-refractivity contribution in [3.05, 3.63) is 69.2 Å². The zero-order valence-corrected chi connectivity index (χ0v) is 20.3. The average Bonchev–Trinajstić information content (AvgIpc) is 3.56. The Bertz CT molecular complexity index is 1150. The summed E-state index contributed by atoms with van der Waals surface area (Å²) in [5.41, 5.74) is 0.934. The van der Waals surface area contributed by atoms with Crippen molar-refractivity contribution in [2.24, 2.45) is 0 Å². The van der Waals surface area contributed by atoms with Crippen LogP contribution < -0.4 is 4.74 Å². The van der Waals surface area contributed by atoms with Gasteiger partial charge in [0.05, 0.1) is 20.1 Å². The molecule has 1 amide bonds. The maximum atomic E-state index is 13.3. The number of nitrogens with zero attached hydrogens (tertiary/aromatic N) is 2. The second kappa shape index (κ2) is 10.2. The third kappa shape index (κ3) is 5.23. The summed E-state index contributed by atoms with van der Waals surface area (Å²) in [5, 5.41) is 2.00. The van der Waals surface area contributed by atoms with Crippen molar-refractivity contribution in [2.45, 2.75) is 36.6 Å². The molecule has 9 heteroatoms. The molecule has 0 aliphatic carbocycles. The monoisotopic (exact) mass is 490 g/mol. The number of ether oxygens (including phenoxy) is 1. The van der Waals surface area contributed by atoms with Gasteiger partial charge < -0.3 is 9.64 Å². The van der Waals surface area contributed by atoms with E-state index in [1.165, 1.54) is 15.6 Å². The molecule has 0 unspecified atom stereocenters. The van der Waals surface area contributed by atoms with Crippen LogP contribution in [-0.4, -0.2) is 43.7 Å². The first-order valence-corrected chi connectivity index (χ1v) is 13.6. The molecule has 3 aromatic rings. The molecule has 0 spiro atoms. The molecule has 1 aromatic carbocycles. The Morgan fingerprint density at radius 3 is 2.53 bits per heavy atom. The lowest BCUT2D eigenvalue weighted by Gasteiger charge is -2.23. The van der Waals surface area contributed by atoms with Gasteiger partial charge in [-0.05, 0) is 42.5 Å². The minimum absolute atomic E-state index is 0.0451. The summed E-state index contributed by atoms with van der Waals surface area (Å²) in [4.78, 5) is 16.9. The molecule has 0 radical (unpaired) electrons. The Kier molecular flexibility index (Phi) is 7.30. The van der Waals surface area contributed by atoms with E-state index < -0.39 is 10.0 Å². The van der Waals surface area contributed by atoms with Crippen molar-refractivity contribution in [3.63, 3.8) is 0 Å². The topological polar surface area (TPSA) is 66.9 Å². The molecule has 0 atom stereocenters. The minimum atomic E-state index is -3.46. The van der Waals surface area contributed by atoms with E-state index in [0.29, 0.717) is 30.4 Å². The number of carbonyl (C=O) groups is 1. The fourth-order valence-electron chi connectivity index (χ4n) is 3.77. The van der Waals surface area contributed by atoms with Gasteiger partial charge in [0.2, 0.25) is 5.91 Å². The van der Waals surface area contributed by atoms with E-state index in [4.69, 9.17) is 4.74 Å². The Morgan fingerprint density at radius 2 is 1.81 bits per heavy atom. The van der Waals surface area contributed by atoms with Crippen LogP contribution in [-0.2, 0) is 34.3 Å². The predicted octanol–water partition coefficient (Wildman–Crippen LogP) is 4.37. The normalized spacial score (nSPS) is 14.5. The van der Waals surface area contributed by atoms with Gasteiger partial charge in [-0.2, -0.15) is 4.31 Å². The molecule has 32 heavy (non-hydrogen) atoms. The smallest absolute Gasteiger partial charge is 0.252 e. The number of rotatable bonds is 9. The maximum Gasteiger partial charge on any atom is 0.252 e. The van der Waals surface area contributed by atoms with Crippen molar-refractivity contribution in [1.82, 2.24) is 9.21 Å². The van der Waals surface area contributed by atoms with Crippen LogP contribution >= 0.6 is 22.7 Å². The lowest BCUT2D eigenvalue weighted by Crippen LogP contribution is -2.31. The van der Waals surface area contributed by atoms with E-state index in [1.807, 2.05) is 41.8 Å². The number of methoxy groups -OCH3 is 1. The van der Waals surface area contributed by atoms with E-state index in [2.05, 4.69) is 0 Å². The number of thiophene rings is 2. The summed E-state index contributed by atoms with van der Waals surface area (Å²) in [6.07, 6.45) is 1.97. The quantitative estimate of drug-likeness (QED) is 0.447. The largest absolute Gasteiger partial charge is 0.496 e. The fourth-order valence-corrected chi connectivity index (χ4v) is 7.51. The van der Waals surface area contributed by atoms with Crippen LogP contribution in [0.5, 0.6) is 5.75 Å². The van der Waals surface area contributed by atoms with Crippen LogP contribution in [0, 0.1) is 0 Å². The van der Waals surface area contributed by atoms with Crippen LogP contribution in [0.15, 0.2) is 58.1 Å². The molecule has 1 fully saturated rings. The van der Waals surface area contributed by atoms with Gasteiger partial charge in [-0.3, -0.25) is 4.79 Å². The van der Waals surface area contributed by atoms with Gasteiger partial charge in [0, 0.05) is 35.0 Å². The minimum Gasteiger partial charge on any atom is -0.496 e. The average molecular weight is 491 g/mol. The van der Waals surface area contributed by atoms with Gasteiger partial charge in [0.15, 0.2) is 0 Å². The molecule has 0 N–H and O–H groups in total. The Balaban J connectivity index is 1.52. The Morgan fingerprint density at radius 1 is 1.03 bits per heavy atom. The zero-order valence-electron chi connectivity index (χ0n) is 17.9. The first-order valence-electron chi connectivity index (χ1n) is 10.5. The molecular formula is C23H26N2O4S3. The van der Waals surface area contributed by atoms with Gasteiger partial charge in [0.25, 0.3) is 10.0 Å². The van der Waals surface area contributed by atoms with E-state index in [1.54, 1.807) is 35.5 Å². The maximum absolute atomic E-state index is 13.3. The fraction of sp³-hybridized carbons (Fsp3) is 0.348. The zero-order chi connectivity index (χ0) is 22.6. The summed E-state index contributed by atoms with van der Waals surface area (Å²) in [7, 11) is -1.84. The number of hydrogen-bond donors (Lipinski definition) is 0. The molecule has 1 saturated heterocycles. The Hall–Kier alpha value is -2.20. The molecule has 0 saturated carbocycles. The highest BCUT2D eigenvalue weighted by Gasteiger charge is 2.29. The van der Waals surface area contributed by atoms with E-state index in [-0.39, 0.29) is 12.3 Å². The van der Waals surface area contributed by atoms with Crippen molar-refractivity contribution < 1.29 is 17.9 Å². The summed E-state index contributed by atoms with van der Waals surface area (Å²) in [6.45, 7) is 2.06. The number of hydrogen-bond acceptors (Lipinski definition) is 6. The number of para-hydroxylation sites is 1. The number of sulfonamides is 1. The molecule has 4 rings (SSSR count). The molecule has 170 valence electrons. The van der Waals surface area contributed by atoms with Crippen LogP contribution in [0.4, 0.5) is 0 Å². The van der Waals surface area contributed by atoms with Crippen molar-refractivity contribution in [1.29, 1.82) is 0 Å². The lowest BCUT2D eigenvalue weighted by molar-refractivity contribution is -0.131. The van der Waals surface area contributed by atoms with E-state index >= 15 is 0 Å². The van der Waals surface area contributed by atoms with E-state index in [9.17, 15) is 13.2 Å². The third-order valence-electron chi connectivity index (χ3n) is 5.45. The van der Waals surface area contributed by atoms with Crippen LogP contribution in [0.2, 0.25) is 0 Å². The molecule has 2 aromatic heterocycles. The van der Waals surface area contributed by atoms with Crippen LogP contribution in [0.3, 0.4) is 0 Å². The number of carbonyl (C=O) groups excluding carboxylic acids is 1. The van der Waals surface area contributed by atoms with E-state index in [0.717, 1.165) is 33.9 Å². The summed E-state index contributed by atoms with van der Waals surface area (Å²) in [6, 6.07) is 15.1. The van der Waals surface area contributed by atoms with Gasteiger partial charge in [-0.15, -0.1) is 22.7 Å². The second-order valence-electron chi connectivity index (χ2n) is 7.65. The molecule has 1 aliphatic rings. The predicted molar refractivity (Wildman–Crippen MR) is 128 cm³/mol.